The highest BCUT2D eigenvalue weighted by Gasteiger charge is 2.56. The summed E-state index contributed by atoms with van der Waals surface area (Å²) in [6, 6.07) is 6.61. The first-order chi connectivity index (χ1) is 16.4. The summed E-state index contributed by atoms with van der Waals surface area (Å²) in [5.41, 5.74) is 0.721. The van der Waals surface area contributed by atoms with Gasteiger partial charge in [-0.05, 0) is 43.9 Å². The number of unbranched alkanes of at least 4 members (excludes halogenated alkanes) is 1. The van der Waals surface area contributed by atoms with Crippen molar-refractivity contribution in [3.05, 3.63) is 29.8 Å². The van der Waals surface area contributed by atoms with Crippen molar-refractivity contribution in [3.63, 3.8) is 0 Å². The van der Waals surface area contributed by atoms with Crippen molar-refractivity contribution in [2.75, 3.05) is 32.9 Å². The van der Waals surface area contributed by atoms with E-state index in [0.717, 1.165) is 5.56 Å². The predicted octanol–water partition coefficient (Wildman–Crippen LogP) is 5.31. The predicted molar refractivity (Wildman–Crippen MR) is 117 cm³/mol. The van der Waals surface area contributed by atoms with E-state index in [-0.39, 0.29) is 45.8 Å². The molecule has 35 heavy (non-hydrogen) atoms. The average molecular weight is 514 g/mol. The molecule has 0 heterocycles. The fraction of sp³-hybridized carbons (Fsp3) is 0.652. The Morgan fingerprint density at radius 2 is 1.66 bits per heavy atom. The van der Waals surface area contributed by atoms with Crippen LogP contribution in [0.5, 0.6) is 5.75 Å². The molecule has 1 aromatic carbocycles. The van der Waals surface area contributed by atoms with Gasteiger partial charge in [0.15, 0.2) is 6.10 Å². The van der Waals surface area contributed by atoms with Crippen LogP contribution in [0.3, 0.4) is 0 Å². The molecule has 1 amide bonds. The number of alkyl halides is 5. The molecule has 1 rings (SSSR count). The number of carbonyl (C=O) groups excluding carboxylic acids is 1. The number of ether oxygens (including phenoxy) is 3. The minimum absolute atomic E-state index is 0.0238. The molecule has 1 aromatic rings. The van der Waals surface area contributed by atoms with Gasteiger partial charge in [0.25, 0.3) is 0 Å². The summed E-state index contributed by atoms with van der Waals surface area (Å²) in [4.78, 5) is 24.6. The number of amides is 1. The third-order valence-electron chi connectivity index (χ3n) is 4.89. The fourth-order valence-electron chi connectivity index (χ4n) is 2.99. The van der Waals surface area contributed by atoms with E-state index in [1.165, 1.54) is 4.90 Å². The maximum Gasteiger partial charge on any atom is 0.453 e. The molecular weight excluding hydrogens is 481 g/mol. The van der Waals surface area contributed by atoms with Gasteiger partial charge in [0.2, 0.25) is 0 Å². The Morgan fingerprint density at radius 3 is 2.20 bits per heavy atom. The van der Waals surface area contributed by atoms with Gasteiger partial charge in [0.1, 0.15) is 12.4 Å². The lowest BCUT2D eigenvalue weighted by Crippen LogP contribution is -2.37. The first kappa shape index (κ1) is 30.4. The van der Waals surface area contributed by atoms with Crippen LogP contribution in [0, 0.1) is 0 Å². The Morgan fingerprint density at radius 1 is 1.00 bits per heavy atom. The van der Waals surface area contributed by atoms with Crippen molar-refractivity contribution in [3.8, 4) is 5.75 Å². The molecule has 0 spiro atoms. The van der Waals surface area contributed by atoms with Crippen molar-refractivity contribution in [2.45, 2.75) is 64.2 Å². The number of rotatable bonds is 16. The molecule has 0 radical (unpaired) electrons. The number of nitrogens with zero attached hydrogens (tertiary/aromatic N) is 1. The molecule has 1 N–H and O–H groups in total. The Balaban J connectivity index is 2.59. The van der Waals surface area contributed by atoms with Gasteiger partial charge in [-0.15, -0.1) is 0 Å². The second-order valence-electron chi connectivity index (χ2n) is 7.74. The van der Waals surface area contributed by atoms with Gasteiger partial charge in [-0.1, -0.05) is 19.1 Å². The third-order valence-corrected chi connectivity index (χ3v) is 4.89. The zero-order valence-corrected chi connectivity index (χ0v) is 19.8. The summed E-state index contributed by atoms with van der Waals surface area (Å²) in [6.45, 7) is 3.89. The minimum atomic E-state index is -5.60. The van der Waals surface area contributed by atoms with Gasteiger partial charge in [0, 0.05) is 26.0 Å². The van der Waals surface area contributed by atoms with Gasteiger partial charge in [-0.3, -0.25) is 0 Å². The number of carboxylic acid groups (broad SMARTS) is 1. The van der Waals surface area contributed by atoms with E-state index >= 15 is 0 Å². The van der Waals surface area contributed by atoms with Gasteiger partial charge in [-0.2, -0.15) is 22.0 Å². The molecule has 0 fully saturated rings. The molecule has 1 unspecified atom stereocenters. The molecule has 0 saturated carbocycles. The number of benzene rings is 1. The maximum absolute atomic E-state index is 13.1. The Labute approximate surface area is 201 Å². The Hall–Kier alpha value is -2.63. The van der Waals surface area contributed by atoms with Crippen LogP contribution in [0.15, 0.2) is 24.3 Å². The van der Waals surface area contributed by atoms with Crippen molar-refractivity contribution >= 4 is 12.1 Å². The number of carboxylic acids is 1. The third kappa shape index (κ3) is 11.1. The van der Waals surface area contributed by atoms with Crippen LogP contribution >= 0.6 is 0 Å². The van der Waals surface area contributed by atoms with E-state index in [2.05, 4.69) is 0 Å². The largest absolute Gasteiger partial charge is 0.492 e. The van der Waals surface area contributed by atoms with E-state index in [0.29, 0.717) is 12.2 Å². The van der Waals surface area contributed by atoms with Gasteiger partial charge >= 0.3 is 24.2 Å². The number of aliphatic carboxylic acids is 1. The lowest BCUT2D eigenvalue weighted by Gasteiger charge is -2.23. The van der Waals surface area contributed by atoms with Crippen LogP contribution in [0.2, 0.25) is 0 Å². The normalized spacial score (nSPS) is 12.8. The Kier molecular flexibility index (Phi) is 12.8. The van der Waals surface area contributed by atoms with Crippen LogP contribution in [0.25, 0.3) is 0 Å². The monoisotopic (exact) mass is 513 g/mol. The number of hydrogen-bond acceptors (Lipinski definition) is 5. The fourth-order valence-corrected chi connectivity index (χ4v) is 2.99. The van der Waals surface area contributed by atoms with Crippen LogP contribution in [0.1, 0.15) is 45.1 Å². The first-order valence-corrected chi connectivity index (χ1v) is 11.3. The summed E-state index contributed by atoms with van der Waals surface area (Å²) in [5, 5.41) is 9.16. The van der Waals surface area contributed by atoms with E-state index in [9.17, 15) is 31.5 Å². The second kappa shape index (κ2) is 14.7. The molecule has 0 aliphatic rings. The SMILES string of the molecule is CCCOC(=O)N(CCCCC(F)(F)C(F)(F)F)CCOc1ccc(CC(OCC)C(=O)O)cc1. The standard InChI is InChI=1S/C23H32F5NO6/c1-3-14-35-21(32)29(12-6-5-11-22(24,25)23(26,27)28)13-15-34-18-9-7-17(8-10-18)16-19(20(30)31)33-4-2/h7-10,19H,3-6,11-16H2,1-2H3,(H,30,31). The highest BCUT2D eigenvalue weighted by molar-refractivity contribution is 5.72. The summed E-state index contributed by atoms with van der Waals surface area (Å²) in [5.74, 6) is -5.39. The van der Waals surface area contributed by atoms with E-state index in [4.69, 9.17) is 19.3 Å². The molecule has 0 aliphatic heterocycles. The second-order valence-corrected chi connectivity index (χ2v) is 7.74. The van der Waals surface area contributed by atoms with Gasteiger partial charge in [0.05, 0.1) is 13.2 Å². The van der Waals surface area contributed by atoms with E-state index in [1.54, 1.807) is 38.1 Å². The number of halogens is 5. The molecule has 0 aromatic heterocycles. The summed E-state index contributed by atoms with van der Waals surface area (Å²) in [6.07, 6.45) is -8.39. The topological polar surface area (TPSA) is 85.3 Å². The van der Waals surface area contributed by atoms with Crippen molar-refractivity contribution in [1.29, 1.82) is 0 Å². The summed E-state index contributed by atoms with van der Waals surface area (Å²) >= 11 is 0. The van der Waals surface area contributed by atoms with Crippen molar-refractivity contribution < 1.29 is 50.9 Å². The number of hydrogen-bond donors (Lipinski definition) is 1. The molecule has 0 saturated heterocycles. The Bertz CT molecular complexity index is 773. The summed E-state index contributed by atoms with van der Waals surface area (Å²) in [7, 11) is 0. The van der Waals surface area contributed by atoms with E-state index in [1.807, 2.05) is 0 Å². The highest BCUT2D eigenvalue weighted by atomic mass is 19.4. The van der Waals surface area contributed by atoms with Crippen molar-refractivity contribution in [1.82, 2.24) is 4.90 Å². The van der Waals surface area contributed by atoms with Gasteiger partial charge in [-0.25, -0.2) is 9.59 Å². The highest BCUT2D eigenvalue weighted by Crippen LogP contribution is 2.39. The van der Waals surface area contributed by atoms with Crippen LogP contribution in [-0.2, 0) is 20.7 Å². The zero-order chi connectivity index (χ0) is 26.5. The summed E-state index contributed by atoms with van der Waals surface area (Å²) < 4.78 is 78.8. The van der Waals surface area contributed by atoms with Crippen LogP contribution in [0.4, 0.5) is 26.7 Å². The maximum atomic E-state index is 13.1. The smallest absolute Gasteiger partial charge is 0.453 e. The lowest BCUT2D eigenvalue weighted by molar-refractivity contribution is -0.284. The zero-order valence-electron chi connectivity index (χ0n) is 19.8. The quantitative estimate of drug-likeness (QED) is 0.238. The molecule has 12 heteroatoms. The molecule has 1 atom stereocenters. The van der Waals surface area contributed by atoms with Crippen molar-refractivity contribution in [2.24, 2.45) is 0 Å². The average Bonchev–Trinajstić information content (AvgIpc) is 2.78. The van der Waals surface area contributed by atoms with E-state index < -0.39 is 43.1 Å². The number of carbonyl (C=O) groups is 2. The molecule has 0 aliphatic carbocycles. The van der Waals surface area contributed by atoms with Crippen LogP contribution in [-0.4, -0.2) is 73.2 Å². The van der Waals surface area contributed by atoms with Gasteiger partial charge < -0.3 is 24.2 Å². The molecule has 7 nitrogen and oxygen atoms in total. The molecule has 200 valence electrons. The molecule has 0 bridgehead atoms. The van der Waals surface area contributed by atoms with Crippen LogP contribution < -0.4 is 4.74 Å². The first-order valence-electron chi connectivity index (χ1n) is 11.3. The lowest BCUT2D eigenvalue weighted by atomic mass is 10.1. The minimum Gasteiger partial charge on any atom is -0.492 e. The molecular formula is C23H32F5NO6.